The van der Waals surface area contributed by atoms with Crippen LogP contribution in [0.3, 0.4) is 0 Å². The lowest BCUT2D eigenvalue weighted by atomic mass is 10.2. The molecule has 3 rings (SSSR count). The smallest absolute Gasteiger partial charge is 0.272 e. The summed E-state index contributed by atoms with van der Waals surface area (Å²) in [6.07, 6.45) is 2.49. The molecule has 1 aromatic heterocycles. The molecule has 120 valence electrons. The Morgan fingerprint density at radius 1 is 1.30 bits per heavy atom. The molecule has 0 bridgehead atoms. The summed E-state index contributed by atoms with van der Waals surface area (Å²) in [5.74, 6) is -1.35. The highest BCUT2D eigenvalue weighted by molar-refractivity contribution is 5.97. The van der Waals surface area contributed by atoms with Crippen molar-refractivity contribution >= 4 is 11.8 Å². The van der Waals surface area contributed by atoms with Gasteiger partial charge in [-0.3, -0.25) is 9.59 Å². The molecular formula is C16H17FN4O2. The Bertz CT molecular complexity index is 767. The molecule has 1 aliphatic rings. The summed E-state index contributed by atoms with van der Waals surface area (Å²) in [5, 5.41) is 6.92. The predicted octanol–water partition coefficient (Wildman–Crippen LogP) is 1.10. The Balaban J connectivity index is 1.97. The fourth-order valence-corrected chi connectivity index (χ4v) is 2.75. The molecule has 23 heavy (non-hydrogen) atoms. The van der Waals surface area contributed by atoms with E-state index in [1.165, 1.54) is 19.1 Å². The molecule has 1 atom stereocenters. The number of rotatable bonds is 4. The zero-order valence-electron chi connectivity index (χ0n) is 12.7. The van der Waals surface area contributed by atoms with Crippen LogP contribution in [0.1, 0.15) is 35.1 Å². The van der Waals surface area contributed by atoms with E-state index in [0.717, 1.165) is 30.5 Å². The number of carbonyl (C=O) groups excluding carboxylic acids is 2. The molecule has 1 aliphatic carbocycles. The number of nitrogens with two attached hydrogens (primary N) is 1. The summed E-state index contributed by atoms with van der Waals surface area (Å²) in [6, 6.07) is 5.18. The van der Waals surface area contributed by atoms with Crippen molar-refractivity contribution in [1.82, 2.24) is 15.1 Å². The Labute approximate surface area is 132 Å². The van der Waals surface area contributed by atoms with E-state index in [4.69, 9.17) is 5.73 Å². The van der Waals surface area contributed by atoms with Crippen molar-refractivity contribution in [3.05, 3.63) is 47.0 Å². The van der Waals surface area contributed by atoms with Crippen molar-refractivity contribution in [2.75, 3.05) is 0 Å². The van der Waals surface area contributed by atoms with E-state index < -0.39 is 17.9 Å². The summed E-state index contributed by atoms with van der Waals surface area (Å²) >= 11 is 0. The first-order chi connectivity index (χ1) is 11.0. The van der Waals surface area contributed by atoms with Gasteiger partial charge in [0.1, 0.15) is 11.9 Å². The lowest BCUT2D eigenvalue weighted by Crippen LogP contribution is -2.42. The number of aromatic nitrogens is 2. The molecule has 2 aromatic rings. The number of nitrogens with one attached hydrogen (secondary N) is 1. The standard InChI is InChI=1S/C16H17FN4O2/c1-9(15(18)22)19-16(23)14-12-3-2-4-13(12)21(20-14)11-7-5-10(17)6-8-11/h5-9H,2-4H2,1H3,(H2,18,22)(H,19,23). The lowest BCUT2D eigenvalue weighted by Gasteiger charge is -2.09. The molecule has 3 N–H and O–H groups in total. The van der Waals surface area contributed by atoms with E-state index in [0.29, 0.717) is 11.4 Å². The van der Waals surface area contributed by atoms with Gasteiger partial charge in [-0.25, -0.2) is 9.07 Å². The second-order valence-electron chi connectivity index (χ2n) is 5.61. The molecule has 0 radical (unpaired) electrons. The van der Waals surface area contributed by atoms with E-state index in [-0.39, 0.29) is 5.82 Å². The molecule has 0 spiro atoms. The van der Waals surface area contributed by atoms with Crippen LogP contribution < -0.4 is 11.1 Å². The summed E-state index contributed by atoms with van der Waals surface area (Å²) in [7, 11) is 0. The Hall–Kier alpha value is -2.70. The Morgan fingerprint density at radius 3 is 2.65 bits per heavy atom. The first kappa shape index (κ1) is 15.2. The number of amides is 2. The van der Waals surface area contributed by atoms with Gasteiger partial charge in [-0.2, -0.15) is 5.10 Å². The molecule has 1 heterocycles. The Kier molecular flexibility index (Phi) is 3.85. The molecule has 0 fully saturated rings. The second kappa shape index (κ2) is 5.83. The fraction of sp³-hybridized carbons (Fsp3) is 0.312. The first-order valence-electron chi connectivity index (χ1n) is 7.44. The second-order valence-corrected chi connectivity index (χ2v) is 5.61. The third kappa shape index (κ3) is 2.81. The first-order valence-corrected chi connectivity index (χ1v) is 7.44. The van der Waals surface area contributed by atoms with E-state index >= 15 is 0 Å². The average Bonchev–Trinajstić information content (AvgIpc) is 3.10. The van der Waals surface area contributed by atoms with Crippen LogP contribution in [0.2, 0.25) is 0 Å². The lowest BCUT2D eigenvalue weighted by molar-refractivity contribution is -0.119. The van der Waals surface area contributed by atoms with Gasteiger partial charge in [0.2, 0.25) is 5.91 Å². The number of halogens is 1. The van der Waals surface area contributed by atoms with Crippen LogP contribution in [0, 0.1) is 5.82 Å². The molecule has 2 amide bonds. The van der Waals surface area contributed by atoms with E-state index in [1.807, 2.05) is 0 Å². The maximum Gasteiger partial charge on any atom is 0.272 e. The molecule has 6 nitrogen and oxygen atoms in total. The van der Waals surface area contributed by atoms with Crippen LogP contribution in [0.5, 0.6) is 0 Å². The van der Waals surface area contributed by atoms with Gasteiger partial charge in [-0.1, -0.05) is 0 Å². The predicted molar refractivity (Wildman–Crippen MR) is 81.7 cm³/mol. The topological polar surface area (TPSA) is 90.0 Å². The number of fused-ring (bicyclic) bond motifs is 1. The molecule has 0 saturated carbocycles. The van der Waals surface area contributed by atoms with Crippen molar-refractivity contribution < 1.29 is 14.0 Å². The van der Waals surface area contributed by atoms with Crippen molar-refractivity contribution in [1.29, 1.82) is 0 Å². The highest BCUT2D eigenvalue weighted by Crippen LogP contribution is 2.27. The fourth-order valence-electron chi connectivity index (χ4n) is 2.75. The van der Waals surface area contributed by atoms with Gasteiger partial charge in [-0.15, -0.1) is 0 Å². The SMILES string of the molecule is CC(NC(=O)c1nn(-c2ccc(F)cc2)c2c1CCC2)C(N)=O. The summed E-state index contributed by atoms with van der Waals surface area (Å²) < 4.78 is 14.8. The van der Waals surface area contributed by atoms with Crippen LogP contribution in [0.25, 0.3) is 5.69 Å². The number of carbonyl (C=O) groups is 2. The maximum absolute atomic E-state index is 13.1. The molecular weight excluding hydrogens is 299 g/mol. The highest BCUT2D eigenvalue weighted by atomic mass is 19.1. The van der Waals surface area contributed by atoms with Gasteiger partial charge in [0, 0.05) is 11.3 Å². The largest absolute Gasteiger partial charge is 0.368 e. The van der Waals surface area contributed by atoms with Crippen LogP contribution >= 0.6 is 0 Å². The monoisotopic (exact) mass is 316 g/mol. The van der Waals surface area contributed by atoms with Gasteiger partial charge in [0.25, 0.3) is 5.91 Å². The Morgan fingerprint density at radius 2 is 2.00 bits per heavy atom. The summed E-state index contributed by atoms with van der Waals surface area (Å²) in [5.41, 5.74) is 8.00. The molecule has 0 saturated heterocycles. The number of benzene rings is 1. The minimum absolute atomic E-state index is 0.301. The van der Waals surface area contributed by atoms with Crippen LogP contribution in [-0.2, 0) is 17.6 Å². The van der Waals surface area contributed by atoms with Gasteiger partial charge >= 0.3 is 0 Å². The van der Waals surface area contributed by atoms with Gasteiger partial charge in [0.05, 0.1) is 5.69 Å². The molecule has 1 aromatic carbocycles. The van der Waals surface area contributed by atoms with Crippen LogP contribution in [-0.4, -0.2) is 27.6 Å². The van der Waals surface area contributed by atoms with Gasteiger partial charge in [0.15, 0.2) is 5.69 Å². The number of hydrogen-bond acceptors (Lipinski definition) is 3. The minimum atomic E-state index is -0.768. The number of nitrogens with zero attached hydrogens (tertiary/aromatic N) is 2. The van der Waals surface area contributed by atoms with E-state index in [9.17, 15) is 14.0 Å². The van der Waals surface area contributed by atoms with Gasteiger partial charge in [-0.05, 0) is 50.5 Å². The normalized spacial score (nSPS) is 14.3. The summed E-state index contributed by atoms with van der Waals surface area (Å²) in [4.78, 5) is 23.5. The highest BCUT2D eigenvalue weighted by Gasteiger charge is 2.28. The van der Waals surface area contributed by atoms with E-state index in [2.05, 4.69) is 10.4 Å². The third-order valence-corrected chi connectivity index (χ3v) is 3.99. The van der Waals surface area contributed by atoms with Crippen LogP contribution in [0.15, 0.2) is 24.3 Å². The van der Waals surface area contributed by atoms with E-state index in [1.54, 1.807) is 16.8 Å². The van der Waals surface area contributed by atoms with Gasteiger partial charge < -0.3 is 11.1 Å². The minimum Gasteiger partial charge on any atom is -0.368 e. The van der Waals surface area contributed by atoms with Crippen molar-refractivity contribution in [2.45, 2.75) is 32.2 Å². The van der Waals surface area contributed by atoms with Crippen molar-refractivity contribution in [3.8, 4) is 5.69 Å². The van der Waals surface area contributed by atoms with Crippen molar-refractivity contribution in [2.24, 2.45) is 5.73 Å². The average molecular weight is 316 g/mol. The zero-order chi connectivity index (χ0) is 16.6. The molecule has 7 heteroatoms. The maximum atomic E-state index is 13.1. The molecule has 0 aliphatic heterocycles. The number of primary amides is 1. The van der Waals surface area contributed by atoms with Crippen molar-refractivity contribution in [3.63, 3.8) is 0 Å². The number of hydrogen-bond donors (Lipinski definition) is 2. The third-order valence-electron chi connectivity index (χ3n) is 3.99. The quantitative estimate of drug-likeness (QED) is 0.885. The van der Waals surface area contributed by atoms with Crippen LogP contribution in [0.4, 0.5) is 4.39 Å². The zero-order valence-corrected chi connectivity index (χ0v) is 12.7. The summed E-state index contributed by atoms with van der Waals surface area (Å²) in [6.45, 7) is 1.53. The molecule has 1 unspecified atom stereocenters.